The summed E-state index contributed by atoms with van der Waals surface area (Å²) >= 11 is 12.6. The minimum absolute atomic E-state index is 0.0506. The topological polar surface area (TPSA) is 70.6 Å². The Morgan fingerprint density at radius 2 is 1.84 bits per heavy atom. The molecule has 0 radical (unpaired) electrons. The van der Waals surface area contributed by atoms with Crippen molar-refractivity contribution in [1.29, 1.82) is 0 Å². The van der Waals surface area contributed by atoms with E-state index in [-0.39, 0.29) is 47.5 Å². The quantitative estimate of drug-likeness (QED) is 0.287. The Morgan fingerprint density at radius 1 is 1.16 bits per heavy atom. The smallest absolute Gasteiger partial charge is 0.226 e. The van der Waals surface area contributed by atoms with Crippen molar-refractivity contribution in [3.63, 3.8) is 0 Å². The van der Waals surface area contributed by atoms with E-state index in [1.165, 1.54) is 4.31 Å². The molecule has 0 spiro atoms. The summed E-state index contributed by atoms with van der Waals surface area (Å²) in [7, 11) is -1.75. The number of benzene rings is 1. The second-order valence-corrected chi connectivity index (χ2v) is 13.9. The molecule has 4 rings (SSSR count). The zero-order valence-corrected chi connectivity index (χ0v) is 24.6. The highest BCUT2D eigenvalue weighted by Crippen LogP contribution is 2.49. The molecule has 6 nitrogen and oxygen atoms in total. The van der Waals surface area contributed by atoms with E-state index >= 15 is 0 Å². The summed E-state index contributed by atoms with van der Waals surface area (Å²) in [5.74, 6) is -0.208. The molecule has 5 atom stereocenters. The van der Waals surface area contributed by atoms with E-state index in [1.807, 2.05) is 54.4 Å². The molecule has 1 unspecified atom stereocenters. The highest BCUT2D eigenvalue weighted by Gasteiger charge is 2.48. The lowest BCUT2D eigenvalue weighted by Crippen LogP contribution is -2.55. The Hall–Kier alpha value is -1.93. The van der Waals surface area contributed by atoms with Crippen molar-refractivity contribution >= 4 is 39.1 Å². The highest BCUT2D eigenvalue weighted by molar-refractivity contribution is 7.90. The average molecular weight is 579 g/mol. The van der Waals surface area contributed by atoms with Crippen LogP contribution in [0.1, 0.15) is 69.0 Å². The summed E-state index contributed by atoms with van der Waals surface area (Å²) in [6.07, 6.45) is 8.65. The molecule has 2 heterocycles. The molecule has 206 valence electrons. The Labute approximate surface area is 237 Å². The third-order valence-electron chi connectivity index (χ3n) is 8.06. The van der Waals surface area contributed by atoms with Crippen LogP contribution < -0.4 is 0 Å². The van der Waals surface area contributed by atoms with Crippen LogP contribution in [0.2, 0.25) is 10.0 Å². The number of nitrogens with zero attached hydrogens (tertiary/aromatic N) is 3. The molecule has 1 aromatic carbocycles. The number of pyridine rings is 1. The standard InChI is InChI=1S/C29H37Cl2N3O3S/c1-5-7-19(3)26-15-27(21-14-23(31)17-32-16-21)28(20-8-10-22(30)11-9-20)34(29(26)35)24(6-2)18-33(4)38(36,37)25-12-13-25/h5,8-11,14,16-17,19,24-28H,1,6-7,12-13,15,18H2,2-4H3/t19-,24-,26?,27+,28+/m0/s1. The second-order valence-electron chi connectivity index (χ2n) is 10.7. The summed E-state index contributed by atoms with van der Waals surface area (Å²) < 4.78 is 27.6. The molecule has 9 heteroatoms. The van der Waals surface area contributed by atoms with Gasteiger partial charge in [0.1, 0.15) is 0 Å². The number of hydrogen-bond donors (Lipinski definition) is 0. The van der Waals surface area contributed by atoms with E-state index in [4.69, 9.17) is 23.2 Å². The van der Waals surface area contributed by atoms with E-state index in [1.54, 1.807) is 13.2 Å². The second kappa shape index (κ2) is 12.1. The number of hydrogen-bond acceptors (Lipinski definition) is 4. The third-order valence-corrected chi connectivity index (χ3v) is 10.9. The van der Waals surface area contributed by atoms with Crippen molar-refractivity contribution in [2.45, 2.75) is 69.2 Å². The van der Waals surface area contributed by atoms with Gasteiger partial charge in [-0.05, 0) is 67.3 Å². The van der Waals surface area contributed by atoms with Gasteiger partial charge in [-0.2, -0.15) is 0 Å². The fourth-order valence-corrected chi connectivity index (χ4v) is 7.70. The Kier molecular flexibility index (Phi) is 9.23. The fourth-order valence-electron chi connectivity index (χ4n) is 5.77. The van der Waals surface area contributed by atoms with E-state index in [0.29, 0.717) is 42.1 Å². The highest BCUT2D eigenvalue weighted by atomic mass is 35.5. The minimum atomic E-state index is -3.39. The van der Waals surface area contributed by atoms with Gasteiger partial charge >= 0.3 is 0 Å². The molecule has 38 heavy (non-hydrogen) atoms. The van der Waals surface area contributed by atoms with Gasteiger partial charge in [-0.1, -0.05) is 55.3 Å². The van der Waals surface area contributed by atoms with Crippen LogP contribution in [0.15, 0.2) is 55.4 Å². The monoisotopic (exact) mass is 577 g/mol. The summed E-state index contributed by atoms with van der Waals surface area (Å²) in [4.78, 5) is 20.7. The van der Waals surface area contributed by atoms with E-state index in [2.05, 4.69) is 18.5 Å². The van der Waals surface area contributed by atoms with Gasteiger partial charge < -0.3 is 4.90 Å². The zero-order valence-electron chi connectivity index (χ0n) is 22.3. The maximum Gasteiger partial charge on any atom is 0.226 e. The first-order chi connectivity index (χ1) is 18.1. The minimum Gasteiger partial charge on any atom is -0.330 e. The van der Waals surface area contributed by atoms with E-state index in [0.717, 1.165) is 11.1 Å². The molecular weight excluding hydrogens is 541 g/mol. The molecule has 2 aliphatic rings. The molecule has 1 aromatic heterocycles. The molecule has 2 aromatic rings. The lowest BCUT2D eigenvalue weighted by Gasteiger charge is -2.50. The van der Waals surface area contributed by atoms with Crippen molar-refractivity contribution < 1.29 is 13.2 Å². The maximum atomic E-state index is 14.4. The number of carbonyl (C=O) groups is 1. The van der Waals surface area contributed by atoms with Crippen molar-refractivity contribution in [1.82, 2.24) is 14.2 Å². The van der Waals surface area contributed by atoms with E-state index < -0.39 is 10.0 Å². The summed E-state index contributed by atoms with van der Waals surface area (Å²) in [6.45, 7) is 8.25. The lowest BCUT2D eigenvalue weighted by molar-refractivity contribution is -0.149. The number of piperidine rings is 1. The van der Waals surface area contributed by atoms with Crippen LogP contribution in [-0.4, -0.2) is 53.4 Å². The van der Waals surface area contributed by atoms with Crippen molar-refractivity contribution in [2.75, 3.05) is 13.6 Å². The Bertz CT molecular complexity index is 1250. The first-order valence-electron chi connectivity index (χ1n) is 13.3. The molecule has 0 bridgehead atoms. The number of rotatable bonds is 11. The summed E-state index contributed by atoms with van der Waals surface area (Å²) in [5, 5.41) is 0.849. The molecule has 1 amide bonds. The predicted octanol–water partition coefficient (Wildman–Crippen LogP) is 6.48. The number of aromatic nitrogens is 1. The first-order valence-corrected chi connectivity index (χ1v) is 15.6. The van der Waals surface area contributed by atoms with Crippen LogP contribution in [0.4, 0.5) is 0 Å². The van der Waals surface area contributed by atoms with Gasteiger partial charge in [-0.3, -0.25) is 9.78 Å². The molecule has 1 saturated heterocycles. The summed E-state index contributed by atoms with van der Waals surface area (Å²) in [6, 6.07) is 8.89. The number of amides is 1. The van der Waals surface area contributed by atoms with Crippen LogP contribution in [0.5, 0.6) is 0 Å². The van der Waals surface area contributed by atoms with Crippen LogP contribution in [0, 0.1) is 11.8 Å². The molecule has 1 aliphatic heterocycles. The molecule has 0 N–H and O–H groups in total. The SMILES string of the molecule is C=CC[C@H](C)C1C[C@H](c2cncc(Cl)c2)[C@@H](c2ccc(Cl)cc2)N([C@@H](CC)CN(C)S(=O)(=O)C2CC2)C1=O. The number of likely N-dealkylation sites (N-methyl/N-ethyl adjacent to an activating group) is 1. The lowest BCUT2D eigenvalue weighted by atomic mass is 9.71. The molecule has 1 aliphatic carbocycles. The third kappa shape index (κ3) is 6.11. The van der Waals surface area contributed by atoms with Crippen molar-refractivity contribution in [3.05, 3.63) is 76.6 Å². The largest absolute Gasteiger partial charge is 0.330 e. The van der Waals surface area contributed by atoms with Crippen molar-refractivity contribution in [3.8, 4) is 0 Å². The van der Waals surface area contributed by atoms with Gasteiger partial charge in [0.15, 0.2) is 0 Å². The molecular formula is C29H37Cl2N3O3S. The number of allylic oxidation sites excluding steroid dienone is 1. The van der Waals surface area contributed by atoms with Crippen molar-refractivity contribution in [2.24, 2.45) is 11.8 Å². The first kappa shape index (κ1) is 29.1. The predicted molar refractivity (Wildman–Crippen MR) is 154 cm³/mol. The van der Waals surface area contributed by atoms with Gasteiger partial charge in [0.25, 0.3) is 0 Å². The van der Waals surface area contributed by atoms with Gasteiger partial charge in [0.05, 0.1) is 16.3 Å². The zero-order chi connectivity index (χ0) is 27.6. The Balaban J connectivity index is 1.83. The van der Waals surface area contributed by atoms with Gasteiger partial charge in [-0.25, -0.2) is 12.7 Å². The number of halogens is 2. The number of likely N-dealkylation sites (tertiary alicyclic amines) is 1. The van der Waals surface area contributed by atoms with Gasteiger partial charge in [0.2, 0.25) is 15.9 Å². The van der Waals surface area contributed by atoms with Crippen LogP contribution >= 0.6 is 23.2 Å². The average Bonchev–Trinajstić information content (AvgIpc) is 3.74. The normalized spacial score (nSPS) is 23.9. The summed E-state index contributed by atoms with van der Waals surface area (Å²) in [5.41, 5.74) is 1.91. The number of carbonyl (C=O) groups excluding carboxylic acids is 1. The van der Waals surface area contributed by atoms with Crippen LogP contribution in [0.3, 0.4) is 0 Å². The van der Waals surface area contributed by atoms with Gasteiger partial charge in [-0.15, -0.1) is 6.58 Å². The fraction of sp³-hybridized carbons (Fsp3) is 0.517. The van der Waals surface area contributed by atoms with E-state index in [9.17, 15) is 13.2 Å². The number of sulfonamides is 1. The Morgan fingerprint density at radius 3 is 2.42 bits per heavy atom. The van der Waals surface area contributed by atoms with Crippen LogP contribution in [-0.2, 0) is 14.8 Å². The van der Waals surface area contributed by atoms with Crippen LogP contribution in [0.25, 0.3) is 0 Å². The van der Waals surface area contributed by atoms with Gasteiger partial charge in [0, 0.05) is 48.9 Å². The molecule has 1 saturated carbocycles. The maximum absolute atomic E-state index is 14.4. The molecule has 2 fully saturated rings.